The number of benzene rings is 1. The summed E-state index contributed by atoms with van der Waals surface area (Å²) in [7, 11) is -0.573. The van der Waals surface area contributed by atoms with Gasteiger partial charge in [-0.25, -0.2) is 13.1 Å². The number of anilines is 1. The van der Waals surface area contributed by atoms with Gasteiger partial charge in [0.25, 0.3) is 5.91 Å². The second-order valence-corrected chi connectivity index (χ2v) is 5.75. The molecular formula is C11H17N3O4S. The molecule has 0 unspecified atom stereocenters. The van der Waals surface area contributed by atoms with E-state index in [1.54, 1.807) is 18.2 Å². The highest BCUT2D eigenvalue weighted by Crippen LogP contribution is 2.24. The molecule has 1 aromatic carbocycles. The van der Waals surface area contributed by atoms with Crippen molar-refractivity contribution in [2.75, 3.05) is 32.2 Å². The molecule has 1 rings (SSSR count). The van der Waals surface area contributed by atoms with E-state index in [1.807, 2.05) is 0 Å². The maximum atomic E-state index is 11.8. The van der Waals surface area contributed by atoms with Crippen molar-refractivity contribution in [1.29, 1.82) is 0 Å². The number of carbonyl (C=O) groups is 1. The second kappa shape index (κ2) is 6.39. The Bertz CT molecular complexity index is 557. The van der Waals surface area contributed by atoms with Crippen LogP contribution in [0.5, 0.6) is 5.75 Å². The van der Waals surface area contributed by atoms with E-state index in [1.165, 1.54) is 14.2 Å². The lowest BCUT2D eigenvalue weighted by molar-refractivity contribution is 0.0956. The van der Waals surface area contributed by atoms with Gasteiger partial charge in [0.1, 0.15) is 5.75 Å². The molecule has 0 atom stereocenters. The van der Waals surface area contributed by atoms with Crippen LogP contribution in [0, 0.1) is 0 Å². The molecular weight excluding hydrogens is 270 g/mol. The molecule has 0 saturated heterocycles. The van der Waals surface area contributed by atoms with Crippen molar-refractivity contribution >= 4 is 21.6 Å². The number of nitrogen functional groups attached to an aromatic ring is 1. The first-order valence-corrected chi connectivity index (χ1v) is 7.18. The van der Waals surface area contributed by atoms with E-state index in [0.29, 0.717) is 5.75 Å². The fourth-order valence-electron chi connectivity index (χ4n) is 1.42. The van der Waals surface area contributed by atoms with Crippen molar-refractivity contribution in [3.63, 3.8) is 0 Å². The molecule has 19 heavy (non-hydrogen) atoms. The molecule has 8 heteroatoms. The fraction of sp³-hybridized carbons (Fsp3) is 0.364. The van der Waals surface area contributed by atoms with E-state index in [2.05, 4.69) is 10.0 Å². The summed E-state index contributed by atoms with van der Waals surface area (Å²) in [5.74, 6) is -0.239. The van der Waals surface area contributed by atoms with E-state index in [4.69, 9.17) is 10.5 Å². The standard InChI is InChI=1S/C11H17N3O4S/c1-13-19(16,17)7-6-14-11(15)8-4-3-5-9(18-2)10(8)12/h3-5,13H,6-7,12H2,1-2H3,(H,14,15). The largest absolute Gasteiger partial charge is 0.495 e. The minimum atomic E-state index is -3.34. The Kier molecular flexibility index (Phi) is 5.13. The number of ether oxygens (including phenoxy) is 1. The normalized spacial score (nSPS) is 11.1. The van der Waals surface area contributed by atoms with Gasteiger partial charge in [-0.1, -0.05) is 6.07 Å². The lowest BCUT2D eigenvalue weighted by Crippen LogP contribution is -2.33. The van der Waals surface area contributed by atoms with Gasteiger partial charge >= 0.3 is 0 Å². The molecule has 106 valence electrons. The van der Waals surface area contributed by atoms with Crippen molar-refractivity contribution in [2.24, 2.45) is 0 Å². The van der Waals surface area contributed by atoms with Crippen LogP contribution in [-0.2, 0) is 10.0 Å². The predicted molar refractivity (Wildman–Crippen MR) is 72.6 cm³/mol. The molecule has 0 radical (unpaired) electrons. The number of sulfonamides is 1. The number of para-hydroxylation sites is 1. The average molecular weight is 287 g/mol. The summed E-state index contributed by atoms with van der Waals surface area (Å²) >= 11 is 0. The van der Waals surface area contributed by atoms with E-state index in [0.717, 1.165) is 0 Å². The zero-order valence-electron chi connectivity index (χ0n) is 10.8. The Morgan fingerprint density at radius 1 is 1.42 bits per heavy atom. The molecule has 0 spiro atoms. The summed E-state index contributed by atoms with van der Waals surface area (Å²) in [5, 5.41) is 2.49. The number of methoxy groups -OCH3 is 1. The maximum absolute atomic E-state index is 11.8. The van der Waals surface area contributed by atoms with Gasteiger partial charge in [0.05, 0.1) is 24.1 Å². The minimum absolute atomic E-state index is 0.00133. The van der Waals surface area contributed by atoms with Crippen LogP contribution < -0.4 is 20.5 Å². The van der Waals surface area contributed by atoms with Gasteiger partial charge in [0.15, 0.2) is 0 Å². The first kappa shape index (κ1) is 15.3. The van der Waals surface area contributed by atoms with Crippen molar-refractivity contribution in [3.05, 3.63) is 23.8 Å². The molecule has 0 heterocycles. The Morgan fingerprint density at radius 3 is 2.68 bits per heavy atom. The molecule has 0 saturated carbocycles. The highest BCUT2D eigenvalue weighted by Gasteiger charge is 2.14. The first-order valence-electron chi connectivity index (χ1n) is 5.53. The van der Waals surface area contributed by atoms with E-state index in [-0.39, 0.29) is 23.5 Å². The third kappa shape index (κ3) is 4.11. The van der Waals surface area contributed by atoms with Gasteiger partial charge in [0.2, 0.25) is 10.0 Å². The van der Waals surface area contributed by atoms with Gasteiger partial charge in [-0.15, -0.1) is 0 Å². The summed E-state index contributed by atoms with van der Waals surface area (Å²) in [5.41, 5.74) is 6.23. The highest BCUT2D eigenvalue weighted by atomic mass is 32.2. The number of nitrogens with two attached hydrogens (primary N) is 1. The molecule has 0 aromatic heterocycles. The summed E-state index contributed by atoms with van der Waals surface area (Å²) in [4.78, 5) is 11.8. The number of carbonyl (C=O) groups excluding carboxylic acids is 1. The van der Waals surface area contributed by atoms with Crippen molar-refractivity contribution in [3.8, 4) is 5.75 Å². The third-order valence-electron chi connectivity index (χ3n) is 2.50. The molecule has 7 nitrogen and oxygen atoms in total. The number of hydrogen-bond donors (Lipinski definition) is 3. The zero-order valence-corrected chi connectivity index (χ0v) is 11.6. The molecule has 0 fully saturated rings. The van der Waals surface area contributed by atoms with Crippen LogP contribution in [0.3, 0.4) is 0 Å². The van der Waals surface area contributed by atoms with Crippen LogP contribution in [0.4, 0.5) is 5.69 Å². The van der Waals surface area contributed by atoms with Crippen LogP contribution in [-0.4, -0.2) is 40.8 Å². The second-order valence-electron chi connectivity index (χ2n) is 3.70. The Labute approximate surface area is 112 Å². The molecule has 0 aliphatic carbocycles. The first-order chi connectivity index (χ1) is 8.91. The van der Waals surface area contributed by atoms with E-state index < -0.39 is 15.9 Å². The van der Waals surface area contributed by atoms with E-state index >= 15 is 0 Å². The smallest absolute Gasteiger partial charge is 0.253 e. The Hall–Kier alpha value is -1.80. The minimum Gasteiger partial charge on any atom is -0.495 e. The zero-order chi connectivity index (χ0) is 14.5. The van der Waals surface area contributed by atoms with Crippen molar-refractivity contribution in [2.45, 2.75) is 0 Å². The lowest BCUT2D eigenvalue weighted by Gasteiger charge is -2.10. The average Bonchev–Trinajstić information content (AvgIpc) is 2.38. The number of hydrogen-bond acceptors (Lipinski definition) is 5. The number of amides is 1. The SMILES string of the molecule is CNS(=O)(=O)CCNC(=O)c1cccc(OC)c1N. The van der Waals surface area contributed by atoms with Crippen LogP contribution >= 0.6 is 0 Å². The lowest BCUT2D eigenvalue weighted by atomic mass is 10.1. The van der Waals surface area contributed by atoms with Gasteiger partial charge < -0.3 is 15.8 Å². The van der Waals surface area contributed by atoms with Gasteiger partial charge in [-0.05, 0) is 19.2 Å². The molecule has 4 N–H and O–H groups in total. The molecule has 0 aliphatic rings. The van der Waals surface area contributed by atoms with Crippen LogP contribution in [0.15, 0.2) is 18.2 Å². The van der Waals surface area contributed by atoms with E-state index in [9.17, 15) is 13.2 Å². The highest BCUT2D eigenvalue weighted by molar-refractivity contribution is 7.89. The van der Waals surface area contributed by atoms with Gasteiger partial charge in [0, 0.05) is 6.54 Å². The van der Waals surface area contributed by atoms with Crippen LogP contribution in [0.25, 0.3) is 0 Å². The molecule has 0 bridgehead atoms. The summed E-state index contributed by atoms with van der Waals surface area (Å²) in [6.45, 7) is -0.00133. The summed E-state index contributed by atoms with van der Waals surface area (Å²) in [6, 6.07) is 4.81. The number of rotatable bonds is 6. The number of nitrogens with one attached hydrogen (secondary N) is 2. The summed E-state index contributed by atoms with van der Waals surface area (Å²) < 4.78 is 29.5. The topological polar surface area (TPSA) is 111 Å². The predicted octanol–water partition coefficient (Wildman–Crippen LogP) is -0.444. The van der Waals surface area contributed by atoms with Crippen molar-refractivity contribution in [1.82, 2.24) is 10.0 Å². The molecule has 0 aliphatic heterocycles. The Balaban J connectivity index is 2.69. The monoisotopic (exact) mass is 287 g/mol. The third-order valence-corrected chi connectivity index (χ3v) is 3.86. The quantitative estimate of drug-likeness (QED) is 0.614. The van der Waals surface area contributed by atoms with Gasteiger partial charge in [-0.3, -0.25) is 4.79 Å². The fourth-order valence-corrected chi connectivity index (χ4v) is 1.99. The van der Waals surface area contributed by atoms with Crippen molar-refractivity contribution < 1.29 is 17.9 Å². The molecule has 1 aromatic rings. The van der Waals surface area contributed by atoms with Gasteiger partial charge in [-0.2, -0.15) is 0 Å². The Morgan fingerprint density at radius 2 is 2.11 bits per heavy atom. The van der Waals surface area contributed by atoms with Crippen LogP contribution in [0.1, 0.15) is 10.4 Å². The van der Waals surface area contributed by atoms with Crippen LogP contribution in [0.2, 0.25) is 0 Å². The molecule has 1 amide bonds. The summed E-state index contributed by atoms with van der Waals surface area (Å²) in [6.07, 6.45) is 0. The maximum Gasteiger partial charge on any atom is 0.253 e.